The number of aromatic nitrogens is 3. The molecule has 0 saturated carbocycles. The lowest BCUT2D eigenvalue weighted by Gasteiger charge is -2.05. The molecule has 0 aliphatic heterocycles. The molecular formula is C6H12N4OS. The van der Waals surface area contributed by atoms with E-state index >= 15 is 0 Å². The molecule has 0 bridgehead atoms. The summed E-state index contributed by atoms with van der Waals surface area (Å²) >= 11 is 1.52. The van der Waals surface area contributed by atoms with E-state index in [-0.39, 0.29) is 6.10 Å². The fraction of sp³-hybridized carbons (Fsp3) is 0.667. The van der Waals surface area contributed by atoms with Gasteiger partial charge in [-0.15, -0.1) is 5.10 Å². The minimum atomic E-state index is 0.203. The van der Waals surface area contributed by atoms with Crippen LogP contribution in [0.4, 0.5) is 5.95 Å². The lowest BCUT2D eigenvalue weighted by atomic mass is 10.5. The number of nitrogens with two attached hydrogens (primary N) is 1. The summed E-state index contributed by atoms with van der Waals surface area (Å²) in [4.78, 5) is 3.94. The second kappa shape index (κ2) is 4.32. The van der Waals surface area contributed by atoms with Crippen molar-refractivity contribution >= 4 is 17.7 Å². The molecule has 1 aromatic heterocycles. The van der Waals surface area contributed by atoms with Gasteiger partial charge in [-0.3, -0.25) is 0 Å². The summed E-state index contributed by atoms with van der Waals surface area (Å²) in [6.07, 6.45) is 0.203. The molecule has 0 spiro atoms. The highest BCUT2D eigenvalue weighted by molar-refractivity contribution is 7.99. The van der Waals surface area contributed by atoms with Crippen molar-refractivity contribution in [2.45, 2.75) is 18.2 Å². The average molecular weight is 188 g/mol. The van der Waals surface area contributed by atoms with Crippen molar-refractivity contribution in [3.05, 3.63) is 0 Å². The number of nitrogens with one attached hydrogen (secondary N) is 1. The SMILES string of the molecule is COC(C)CSc1n[nH]c(N)n1. The van der Waals surface area contributed by atoms with Gasteiger partial charge in [-0.05, 0) is 6.92 Å². The van der Waals surface area contributed by atoms with E-state index in [2.05, 4.69) is 15.2 Å². The highest BCUT2D eigenvalue weighted by atomic mass is 32.2. The van der Waals surface area contributed by atoms with Crippen LogP contribution in [0.1, 0.15) is 6.92 Å². The van der Waals surface area contributed by atoms with E-state index < -0.39 is 0 Å². The maximum Gasteiger partial charge on any atom is 0.216 e. The van der Waals surface area contributed by atoms with Gasteiger partial charge < -0.3 is 10.5 Å². The number of ether oxygens (including phenoxy) is 1. The van der Waals surface area contributed by atoms with Gasteiger partial charge >= 0.3 is 0 Å². The molecule has 1 atom stereocenters. The van der Waals surface area contributed by atoms with Crippen LogP contribution in [0.3, 0.4) is 0 Å². The summed E-state index contributed by atoms with van der Waals surface area (Å²) < 4.78 is 5.06. The zero-order valence-electron chi connectivity index (χ0n) is 7.07. The first-order chi connectivity index (χ1) is 5.72. The fourth-order valence-electron chi connectivity index (χ4n) is 0.583. The van der Waals surface area contributed by atoms with Crippen molar-refractivity contribution in [1.29, 1.82) is 0 Å². The van der Waals surface area contributed by atoms with Crippen LogP contribution in [0.15, 0.2) is 5.16 Å². The van der Waals surface area contributed by atoms with E-state index in [4.69, 9.17) is 10.5 Å². The van der Waals surface area contributed by atoms with E-state index in [1.54, 1.807) is 7.11 Å². The summed E-state index contributed by atoms with van der Waals surface area (Å²) in [5.74, 6) is 1.18. The number of H-pyrrole nitrogens is 1. The molecule has 0 radical (unpaired) electrons. The molecule has 12 heavy (non-hydrogen) atoms. The van der Waals surface area contributed by atoms with E-state index in [9.17, 15) is 0 Å². The Hall–Kier alpha value is -0.750. The third kappa shape index (κ3) is 2.71. The largest absolute Gasteiger partial charge is 0.381 e. The lowest BCUT2D eigenvalue weighted by Crippen LogP contribution is -2.07. The van der Waals surface area contributed by atoms with Crippen molar-refractivity contribution < 1.29 is 4.74 Å². The third-order valence-electron chi connectivity index (χ3n) is 1.33. The number of nitrogen functional groups attached to an aromatic ring is 1. The first-order valence-electron chi connectivity index (χ1n) is 3.56. The Morgan fingerprint density at radius 2 is 2.50 bits per heavy atom. The van der Waals surface area contributed by atoms with Crippen LogP contribution >= 0.6 is 11.8 Å². The van der Waals surface area contributed by atoms with Crippen LogP contribution in [0.2, 0.25) is 0 Å². The van der Waals surface area contributed by atoms with Crippen LogP contribution in [0.5, 0.6) is 0 Å². The van der Waals surface area contributed by atoms with E-state index in [1.165, 1.54) is 11.8 Å². The van der Waals surface area contributed by atoms with Gasteiger partial charge in [0.1, 0.15) is 0 Å². The number of rotatable bonds is 4. The number of aromatic amines is 1. The minimum absolute atomic E-state index is 0.203. The van der Waals surface area contributed by atoms with Crippen LogP contribution in [-0.4, -0.2) is 34.1 Å². The fourth-order valence-corrected chi connectivity index (χ4v) is 1.38. The Bertz CT molecular complexity index is 239. The molecule has 1 aromatic rings. The Morgan fingerprint density at radius 3 is 3.00 bits per heavy atom. The predicted molar refractivity (Wildman–Crippen MR) is 48.0 cm³/mol. The van der Waals surface area contributed by atoms with Gasteiger partial charge in [0, 0.05) is 12.9 Å². The Morgan fingerprint density at radius 1 is 1.75 bits per heavy atom. The van der Waals surface area contributed by atoms with Crippen molar-refractivity contribution in [3.63, 3.8) is 0 Å². The Balaban J connectivity index is 2.33. The summed E-state index contributed by atoms with van der Waals surface area (Å²) in [5, 5.41) is 7.10. The number of hydrogen-bond donors (Lipinski definition) is 2. The predicted octanol–water partition coefficient (Wildman–Crippen LogP) is 0.514. The molecule has 0 saturated heterocycles. The first-order valence-corrected chi connectivity index (χ1v) is 4.54. The normalized spacial score (nSPS) is 13.2. The molecule has 0 aliphatic carbocycles. The van der Waals surface area contributed by atoms with Crippen molar-refractivity contribution in [2.75, 3.05) is 18.6 Å². The summed E-state index contributed by atoms with van der Waals surface area (Å²) in [7, 11) is 1.68. The maximum absolute atomic E-state index is 5.34. The van der Waals surface area contributed by atoms with Crippen molar-refractivity contribution in [2.24, 2.45) is 0 Å². The summed E-state index contributed by atoms with van der Waals surface area (Å²) in [5.41, 5.74) is 5.34. The first kappa shape index (κ1) is 9.34. The molecule has 0 amide bonds. The third-order valence-corrected chi connectivity index (χ3v) is 2.41. The number of methoxy groups -OCH3 is 1. The van der Waals surface area contributed by atoms with E-state index in [0.717, 1.165) is 5.75 Å². The topological polar surface area (TPSA) is 76.8 Å². The van der Waals surface area contributed by atoms with Gasteiger partial charge in [0.25, 0.3) is 0 Å². The molecular weight excluding hydrogens is 176 g/mol. The Kier molecular flexibility index (Phi) is 3.36. The van der Waals surface area contributed by atoms with Gasteiger partial charge in [-0.2, -0.15) is 4.98 Å². The second-order valence-electron chi connectivity index (χ2n) is 2.36. The standard InChI is InChI=1S/C6H12N4OS/c1-4(11-2)3-12-6-8-5(7)9-10-6/h4H,3H2,1-2H3,(H3,7,8,9,10). The van der Waals surface area contributed by atoms with Crippen molar-refractivity contribution in [3.8, 4) is 0 Å². The van der Waals surface area contributed by atoms with E-state index in [0.29, 0.717) is 11.1 Å². The van der Waals surface area contributed by atoms with Crippen molar-refractivity contribution in [1.82, 2.24) is 15.2 Å². The monoisotopic (exact) mass is 188 g/mol. The van der Waals surface area contributed by atoms with Crippen LogP contribution in [-0.2, 0) is 4.74 Å². The smallest absolute Gasteiger partial charge is 0.216 e. The molecule has 0 fully saturated rings. The van der Waals surface area contributed by atoms with Gasteiger partial charge in [-0.25, -0.2) is 5.10 Å². The number of thioether (sulfide) groups is 1. The van der Waals surface area contributed by atoms with Gasteiger partial charge in [0.2, 0.25) is 11.1 Å². The van der Waals surface area contributed by atoms with Gasteiger partial charge in [-0.1, -0.05) is 11.8 Å². The summed E-state index contributed by atoms with van der Waals surface area (Å²) in [6.45, 7) is 1.99. The minimum Gasteiger partial charge on any atom is -0.381 e. The molecule has 0 aromatic carbocycles. The quantitative estimate of drug-likeness (QED) is 0.673. The highest BCUT2D eigenvalue weighted by Crippen LogP contribution is 2.14. The second-order valence-corrected chi connectivity index (χ2v) is 3.35. The number of nitrogens with zero attached hydrogens (tertiary/aromatic N) is 2. The molecule has 0 aliphatic rings. The van der Waals surface area contributed by atoms with Gasteiger partial charge in [0.05, 0.1) is 6.10 Å². The van der Waals surface area contributed by atoms with Crippen LogP contribution < -0.4 is 5.73 Å². The molecule has 1 heterocycles. The Labute approximate surface area is 75.1 Å². The van der Waals surface area contributed by atoms with Crippen LogP contribution in [0.25, 0.3) is 0 Å². The molecule has 3 N–H and O–H groups in total. The van der Waals surface area contributed by atoms with Gasteiger partial charge in [0.15, 0.2) is 0 Å². The number of anilines is 1. The number of hydrogen-bond acceptors (Lipinski definition) is 5. The highest BCUT2D eigenvalue weighted by Gasteiger charge is 2.04. The molecule has 1 unspecified atom stereocenters. The molecule has 68 valence electrons. The van der Waals surface area contributed by atoms with E-state index in [1.807, 2.05) is 6.92 Å². The maximum atomic E-state index is 5.34. The zero-order valence-corrected chi connectivity index (χ0v) is 7.89. The average Bonchev–Trinajstić information content (AvgIpc) is 2.47. The molecule has 1 rings (SSSR count). The molecule has 6 heteroatoms. The van der Waals surface area contributed by atoms with Crippen LogP contribution in [0, 0.1) is 0 Å². The molecule has 5 nitrogen and oxygen atoms in total. The zero-order chi connectivity index (χ0) is 8.97. The lowest BCUT2D eigenvalue weighted by molar-refractivity contribution is 0.138. The summed E-state index contributed by atoms with van der Waals surface area (Å²) in [6, 6.07) is 0.